The van der Waals surface area contributed by atoms with Gasteiger partial charge in [-0.1, -0.05) is 13.8 Å². The fraction of sp³-hybridized carbons (Fsp3) is 0.556. The van der Waals surface area contributed by atoms with E-state index in [9.17, 15) is 23.1 Å². The molecule has 7 nitrogen and oxygen atoms in total. The molecule has 1 saturated heterocycles. The molecule has 1 aromatic carbocycles. The molecule has 26 heavy (non-hydrogen) atoms. The number of carbonyl (C=O) groups is 2. The molecule has 1 atom stereocenters. The third kappa shape index (κ3) is 4.24. The summed E-state index contributed by atoms with van der Waals surface area (Å²) in [6, 6.07) is 4.96. The molecule has 1 aromatic rings. The van der Waals surface area contributed by atoms with Gasteiger partial charge in [-0.15, -0.1) is 0 Å². The van der Waals surface area contributed by atoms with E-state index in [0.29, 0.717) is 38.0 Å². The molecule has 1 N–H and O–H groups in total. The zero-order valence-electron chi connectivity index (χ0n) is 15.2. The molecule has 1 unspecified atom stereocenters. The molecule has 144 valence electrons. The van der Waals surface area contributed by atoms with E-state index in [1.165, 1.54) is 33.5 Å². The minimum atomic E-state index is -3.60. The molecule has 0 bridgehead atoms. The predicted molar refractivity (Wildman–Crippen MR) is 97.5 cm³/mol. The van der Waals surface area contributed by atoms with Gasteiger partial charge >= 0.3 is 5.97 Å². The molecular formula is C18H26N2O5S. The van der Waals surface area contributed by atoms with Crippen LogP contribution in [-0.2, 0) is 14.8 Å². The molecule has 2 rings (SSSR count). The summed E-state index contributed by atoms with van der Waals surface area (Å²) in [5.41, 5.74) is 0.301. The second-order valence-corrected chi connectivity index (χ2v) is 8.36. The lowest BCUT2D eigenvalue weighted by Gasteiger charge is -2.22. The number of benzene rings is 1. The molecule has 0 saturated carbocycles. The first-order chi connectivity index (χ1) is 12.3. The van der Waals surface area contributed by atoms with Gasteiger partial charge in [0.1, 0.15) is 6.04 Å². The van der Waals surface area contributed by atoms with Crippen molar-refractivity contribution in [3.63, 3.8) is 0 Å². The first-order valence-electron chi connectivity index (χ1n) is 8.96. The van der Waals surface area contributed by atoms with Crippen LogP contribution in [0, 0.1) is 0 Å². The third-order valence-corrected chi connectivity index (χ3v) is 6.40. The number of carbonyl (C=O) groups excluding carboxylic acids is 1. The number of rotatable bonds is 8. The van der Waals surface area contributed by atoms with Gasteiger partial charge in [-0.25, -0.2) is 13.2 Å². The van der Waals surface area contributed by atoms with Gasteiger partial charge in [0.15, 0.2) is 0 Å². The lowest BCUT2D eigenvalue weighted by Crippen LogP contribution is -2.40. The zero-order chi connectivity index (χ0) is 19.3. The number of hydrogen-bond acceptors (Lipinski definition) is 4. The highest BCUT2D eigenvalue weighted by molar-refractivity contribution is 7.89. The summed E-state index contributed by atoms with van der Waals surface area (Å²) >= 11 is 0. The maximum absolute atomic E-state index is 12.7. The normalized spacial score (nSPS) is 17.7. The Balaban J connectivity index is 2.22. The van der Waals surface area contributed by atoms with Gasteiger partial charge in [0.05, 0.1) is 4.90 Å². The molecule has 0 aliphatic carbocycles. The minimum Gasteiger partial charge on any atom is -0.480 e. The fourth-order valence-corrected chi connectivity index (χ4v) is 4.83. The average molecular weight is 382 g/mol. The first-order valence-corrected chi connectivity index (χ1v) is 10.4. The summed E-state index contributed by atoms with van der Waals surface area (Å²) in [5.74, 6) is -1.39. The molecule has 8 heteroatoms. The van der Waals surface area contributed by atoms with E-state index in [1.54, 1.807) is 0 Å². The maximum Gasteiger partial charge on any atom is 0.326 e. The highest BCUT2D eigenvalue weighted by Crippen LogP contribution is 2.22. The van der Waals surface area contributed by atoms with Crippen molar-refractivity contribution in [2.75, 3.05) is 19.6 Å². The van der Waals surface area contributed by atoms with Gasteiger partial charge in [0.25, 0.3) is 5.91 Å². The van der Waals surface area contributed by atoms with Crippen molar-refractivity contribution in [2.45, 2.75) is 50.5 Å². The van der Waals surface area contributed by atoms with Gasteiger partial charge in [-0.2, -0.15) is 4.31 Å². The van der Waals surface area contributed by atoms with E-state index >= 15 is 0 Å². The predicted octanol–water partition coefficient (Wildman–Crippen LogP) is 2.19. The van der Waals surface area contributed by atoms with Crippen LogP contribution < -0.4 is 0 Å². The lowest BCUT2D eigenvalue weighted by atomic mass is 10.1. The van der Waals surface area contributed by atoms with E-state index in [4.69, 9.17) is 0 Å². The van der Waals surface area contributed by atoms with Crippen LogP contribution in [0.1, 0.15) is 49.9 Å². The van der Waals surface area contributed by atoms with E-state index < -0.39 is 22.0 Å². The monoisotopic (exact) mass is 382 g/mol. The fourth-order valence-electron chi connectivity index (χ4n) is 3.20. The Morgan fingerprint density at radius 3 is 2.23 bits per heavy atom. The number of likely N-dealkylation sites (tertiary alicyclic amines) is 1. The molecule has 1 aliphatic rings. The van der Waals surface area contributed by atoms with Crippen molar-refractivity contribution in [3.05, 3.63) is 29.8 Å². The number of amides is 1. The number of carboxylic acid groups (broad SMARTS) is 1. The molecular weight excluding hydrogens is 356 g/mol. The van der Waals surface area contributed by atoms with Gasteiger partial charge in [0, 0.05) is 25.2 Å². The highest BCUT2D eigenvalue weighted by atomic mass is 32.2. The second-order valence-electron chi connectivity index (χ2n) is 6.42. The van der Waals surface area contributed by atoms with Crippen LogP contribution in [0.2, 0.25) is 0 Å². The van der Waals surface area contributed by atoms with Crippen molar-refractivity contribution in [2.24, 2.45) is 0 Å². The summed E-state index contributed by atoms with van der Waals surface area (Å²) in [7, 11) is -3.60. The number of aliphatic carboxylic acids is 1. The van der Waals surface area contributed by atoms with E-state index in [0.717, 1.165) is 12.8 Å². The van der Waals surface area contributed by atoms with Gasteiger partial charge in [-0.05, 0) is 49.9 Å². The van der Waals surface area contributed by atoms with Crippen LogP contribution >= 0.6 is 0 Å². The molecule has 0 radical (unpaired) electrons. The molecule has 1 aliphatic heterocycles. The van der Waals surface area contributed by atoms with E-state index in [-0.39, 0.29) is 10.8 Å². The Kier molecular flexibility index (Phi) is 6.77. The Bertz CT molecular complexity index is 739. The summed E-state index contributed by atoms with van der Waals surface area (Å²) < 4.78 is 26.9. The zero-order valence-corrected chi connectivity index (χ0v) is 16.0. The largest absolute Gasteiger partial charge is 0.480 e. The number of sulfonamides is 1. The summed E-state index contributed by atoms with van der Waals surface area (Å²) in [6.45, 7) is 5.15. The number of hydrogen-bond donors (Lipinski definition) is 1. The van der Waals surface area contributed by atoms with Gasteiger partial charge < -0.3 is 10.0 Å². The highest BCUT2D eigenvalue weighted by Gasteiger charge is 2.34. The smallest absolute Gasteiger partial charge is 0.326 e. The van der Waals surface area contributed by atoms with Crippen LogP contribution in [0.15, 0.2) is 29.2 Å². The van der Waals surface area contributed by atoms with Crippen LogP contribution in [0.4, 0.5) is 0 Å². The van der Waals surface area contributed by atoms with Crippen LogP contribution in [0.3, 0.4) is 0 Å². The van der Waals surface area contributed by atoms with Crippen molar-refractivity contribution < 1.29 is 23.1 Å². The SMILES string of the molecule is CCCN(CCC)S(=O)(=O)c1ccc(C(=O)N2CCCC2C(=O)O)cc1. The Labute approximate surface area is 154 Å². The molecule has 0 aromatic heterocycles. The quantitative estimate of drug-likeness (QED) is 0.744. The van der Waals surface area contributed by atoms with Crippen LogP contribution in [-0.4, -0.2) is 60.3 Å². The Morgan fingerprint density at radius 1 is 1.15 bits per heavy atom. The Morgan fingerprint density at radius 2 is 1.73 bits per heavy atom. The van der Waals surface area contributed by atoms with Crippen molar-refractivity contribution >= 4 is 21.9 Å². The Hall–Kier alpha value is -1.93. The maximum atomic E-state index is 12.7. The summed E-state index contributed by atoms with van der Waals surface area (Å²) in [5, 5.41) is 9.21. The summed E-state index contributed by atoms with van der Waals surface area (Å²) in [4.78, 5) is 25.3. The van der Waals surface area contributed by atoms with Crippen molar-refractivity contribution in [3.8, 4) is 0 Å². The van der Waals surface area contributed by atoms with Crippen molar-refractivity contribution in [1.82, 2.24) is 9.21 Å². The third-order valence-electron chi connectivity index (χ3n) is 4.48. The van der Waals surface area contributed by atoms with E-state index in [2.05, 4.69) is 0 Å². The lowest BCUT2D eigenvalue weighted by molar-refractivity contribution is -0.141. The van der Waals surface area contributed by atoms with Crippen LogP contribution in [0.25, 0.3) is 0 Å². The van der Waals surface area contributed by atoms with Gasteiger partial charge in [-0.3, -0.25) is 4.79 Å². The molecule has 1 heterocycles. The minimum absolute atomic E-state index is 0.146. The topological polar surface area (TPSA) is 95.0 Å². The van der Waals surface area contributed by atoms with Crippen molar-refractivity contribution in [1.29, 1.82) is 0 Å². The molecule has 1 fully saturated rings. The van der Waals surface area contributed by atoms with Crippen LogP contribution in [0.5, 0.6) is 0 Å². The molecule has 0 spiro atoms. The van der Waals surface area contributed by atoms with E-state index in [1.807, 2.05) is 13.8 Å². The standard InChI is InChI=1S/C18H26N2O5S/c1-3-11-19(12-4-2)26(24,25)15-9-7-14(8-10-15)17(21)20-13-5-6-16(20)18(22)23/h7-10,16H,3-6,11-13H2,1-2H3,(H,22,23). The summed E-state index contributed by atoms with van der Waals surface area (Å²) in [6.07, 6.45) is 2.54. The number of nitrogens with zero attached hydrogens (tertiary/aromatic N) is 2. The second kappa shape index (κ2) is 8.64. The van der Waals surface area contributed by atoms with Gasteiger partial charge in [0.2, 0.25) is 10.0 Å². The average Bonchev–Trinajstić information content (AvgIpc) is 3.11. The first kappa shape index (κ1) is 20.4. The number of carboxylic acids is 1. The molecule has 1 amide bonds.